The third kappa shape index (κ3) is 26.2. The number of carbonyl (C=O) groups excluding carboxylic acids is 2. The SMILES string of the molecule is C#CCCC(C=O)NC(=O)CCS(=O)(=O)N(C)CCN1CCOCC1.CCC1CCCCC1.CNC(O)CCC(C)C.Cc1ccccc1. The molecule has 10 nitrogen and oxygen atoms in total. The number of aryl methyl sites for hydroxylation is 1. The first-order valence-electron chi connectivity index (χ1n) is 18.2. The first kappa shape index (κ1) is 46.7. The van der Waals surface area contributed by atoms with Crippen LogP contribution in [0.1, 0.15) is 97.0 Å². The first-order valence-corrected chi connectivity index (χ1v) is 19.8. The van der Waals surface area contributed by atoms with Crippen molar-refractivity contribution in [3.63, 3.8) is 0 Å². The normalized spacial score (nSPS) is 16.4. The minimum atomic E-state index is -3.52. The Labute approximate surface area is 299 Å². The Morgan fingerprint density at radius 2 is 1.76 bits per heavy atom. The summed E-state index contributed by atoms with van der Waals surface area (Å²) in [6.45, 7) is 12.6. The largest absolute Gasteiger partial charge is 0.379 e. The van der Waals surface area contributed by atoms with E-state index in [4.69, 9.17) is 16.3 Å². The molecular weight excluding hydrogens is 641 g/mol. The summed E-state index contributed by atoms with van der Waals surface area (Å²) < 4.78 is 31.0. The predicted molar refractivity (Wildman–Crippen MR) is 202 cm³/mol. The molecule has 282 valence electrons. The van der Waals surface area contributed by atoms with Crippen LogP contribution in [0.4, 0.5) is 0 Å². The standard InChI is InChI=1S/C16H27N3O5S.C8H16.C7H17NO.C7H8/c1-3-4-5-15(14-20)17-16(21)6-13-25(22,23)18(2)7-8-19-9-11-24-12-10-19;1-2-8-6-4-3-5-7-8;1-6(2)4-5-7(9)8-3;1-7-5-3-2-4-6-7/h1,14-15H,4-13H2,2H3,(H,17,21);8H,2-7H2,1H3;6-9H,4-5H2,1-3H3;2-6H,1H3. The number of benzene rings is 1. The van der Waals surface area contributed by atoms with E-state index in [9.17, 15) is 18.0 Å². The molecule has 2 aliphatic rings. The van der Waals surface area contributed by atoms with Crippen LogP contribution in [0.5, 0.6) is 0 Å². The number of aliphatic hydroxyl groups excluding tert-OH is 1. The van der Waals surface area contributed by atoms with E-state index in [-0.39, 0.29) is 18.4 Å². The zero-order valence-corrected chi connectivity index (χ0v) is 32.2. The van der Waals surface area contributed by atoms with Gasteiger partial charge in [0.05, 0.1) is 25.0 Å². The Morgan fingerprint density at radius 1 is 1.12 bits per heavy atom. The number of aldehydes is 1. The highest BCUT2D eigenvalue weighted by Gasteiger charge is 2.21. The fourth-order valence-corrected chi connectivity index (χ4v) is 6.20. The van der Waals surface area contributed by atoms with Gasteiger partial charge in [0.2, 0.25) is 15.9 Å². The number of terminal acetylenes is 1. The van der Waals surface area contributed by atoms with E-state index >= 15 is 0 Å². The quantitative estimate of drug-likeness (QED) is 0.124. The van der Waals surface area contributed by atoms with Crippen molar-refractivity contribution in [2.45, 2.75) is 111 Å². The molecule has 0 aromatic heterocycles. The molecule has 1 saturated carbocycles. The zero-order valence-electron chi connectivity index (χ0n) is 31.4. The molecular formula is C38H68N4O6S. The number of rotatable bonds is 16. The third-order valence-electron chi connectivity index (χ3n) is 8.60. The summed E-state index contributed by atoms with van der Waals surface area (Å²) in [7, 11) is -0.244. The molecule has 3 rings (SSSR count). The summed E-state index contributed by atoms with van der Waals surface area (Å²) in [4.78, 5) is 24.8. The lowest BCUT2D eigenvalue weighted by molar-refractivity contribution is -0.123. The van der Waals surface area contributed by atoms with Gasteiger partial charge in [0.1, 0.15) is 12.5 Å². The maximum Gasteiger partial charge on any atom is 0.221 e. The third-order valence-corrected chi connectivity index (χ3v) is 10.5. The summed E-state index contributed by atoms with van der Waals surface area (Å²) in [5.74, 6) is 3.40. The topological polar surface area (TPSA) is 128 Å². The molecule has 1 heterocycles. The van der Waals surface area contributed by atoms with Crippen molar-refractivity contribution in [3.8, 4) is 12.3 Å². The van der Waals surface area contributed by atoms with Crippen LogP contribution in [0, 0.1) is 31.1 Å². The lowest BCUT2D eigenvalue weighted by Gasteiger charge is -2.28. The van der Waals surface area contributed by atoms with E-state index in [1.54, 1.807) is 7.05 Å². The molecule has 0 radical (unpaired) electrons. The van der Waals surface area contributed by atoms with Crippen molar-refractivity contribution in [1.82, 2.24) is 19.8 Å². The van der Waals surface area contributed by atoms with Crippen molar-refractivity contribution in [1.29, 1.82) is 0 Å². The molecule has 1 aromatic carbocycles. The highest BCUT2D eigenvalue weighted by Crippen LogP contribution is 2.25. The van der Waals surface area contributed by atoms with Crippen molar-refractivity contribution in [3.05, 3.63) is 35.9 Å². The molecule has 1 saturated heterocycles. The molecule has 0 bridgehead atoms. The van der Waals surface area contributed by atoms with Crippen molar-refractivity contribution in [2.75, 3.05) is 59.2 Å². The van der Waals surface area contributed by atoms with Gasteiger partial charge < -0.3 is 20.0 Å². The van der Waals surface area contributed by atoms with Crippen LogP contribution in [0.2, 0.25) is 0 Å². The van der Waals surface area contributed by atoms with E-state index in [0.29, 0.717) is 51.3 Å². The summed E-state index contributed by atoms with van der Waals surface area (Å²) >= 11 is 0. The second kappa shape index (κ2) is 29.4. The average Bonchev–Trinajstić information content (AvgIpc) is 3.12. The number of carbonyl (C=O) groups is 2. The van der Waals surface area contributed by atoms with Crippen molar-refractivity contribution in [2.24, 2.45) is 11.8 Å². The van der Waals surface area contributed by atoms with Crippen LogP contribution in [0.15, 0.2) is 30.3 Å². The highest BCUT2D eigenvalue weighted by atomic mass is 32.2. The number of ether oxygens (including phenoxy) is 1. The van der Waals surface area contributed by atoms with Gasteiger partial charge in [-0.05, 0) is 45.1 Å². The van der Waals surface area contributed by atoms with Crippen LogP contribution in [0.3, 0.4) is 0 Å². The van der Waals surface area contributed by atoms with Gasteiger partial charge in [-0.2, -0.15) is 0 Å². The number of nitrogens with zero attached hydrogens (tertiary/aromatic N) is 2. The minimum Gasteiger partial charge on any atom is -0.379 e. The fourth-order valence-electron chi connectivity index (χ4n) is 5.08. The summed E-state index contributed by atoms with van der Waals surface area (Å²) in [5.41, 5.74) is 1.32. The van der Waals surface area contributed by atoms with Crippen LogP contribution < -0.4 is 10.6 Å². The Bertz CT molecular complexity index is 1100. The predicted octanol–water partition coefficient (Wildman–Crippen LogP) is 5.00. The zero-order chi connectivity index (χ0) is 36.9. The number of hydrogen-bond donors (Lipinski definition) is 3. The van der Waals surface area contributed by atoms with Gasteiger partial charge in [0.25, 0.3) is 0 Å². The van der Waals surface area contributed by atoms with Gasteiger partial charge in [-0.3, -0.25) is 15.0 Å². The number of nitrogens with one attached hydrogen (secondary N) is 2. The van der Waals surface area contributed by atoms with Crippen LogP contribution >= 0.6 is 0 Å². The lowest BCUT2D eigenvalue weighted by atomic mass is 9.88. The monoisotopic (exact) mass is 708 g/mol. The number of morpholine rings is 1. The molecule has 49 heavy (non-hydrogen) atoms. The van der Waals surface area contributed by atoms with Gasteiger partial charge >= 0.3 is 0 Å². The molecule has 1 aromatic rings. The lowest BCUT2D eigenvalue weighted by Crippen LogP contribution is -2.43. The maximum atomic E-state index is 12.2. The average molecular weight is 709 g/mol. The molecule has 2 atom stereocenters. The van der Waals surface area contributed by atoms with Gasteiger partial charge in [-0.25, -0.2) is 12.7 Å². The van der Waals surface area contributed by atoms with Crippen molar-refractivity contribution >= 4 is 22.2 Å². The smallest absolute Gasteiger partial charge is 0.221 e. The molecule has 2 fully saturated rings. The van der Waals surface area contributed by atoms with E-state index in [0.717, 1.165) is 31.8 Å². The number of amides is 1. The molecule has 11 heteroatoms. The molecule has 1 aliphatic heterocycles. The second-order valence-electron chi connectivity index (χ2n) is 13.2. The molecule has 1 amide bonds. The van der Waals surface area contributed by atoms with E-state index in [1.165, 1.54) is 55.4 Å². The van der Waals surface area contributed by atoms with Crippen molar-refractivity contribution < 1.29 is 27.9 Å². The summed E-state index contributed by atoms with van der Waals surface area (Å²) in [5, 5.41) is 14.3. The molecule has 3 N–H and O–H groups in total. The number of likely N-dealkylation sites (N-methyl/N-ethyl adjacent to an activating group) is 1. The van der Waals surface area contributed by atoms with Gasteiger partial charge in [-0.15, -0.1) is 12.3 Å². The van der Waals surface area contributed by atoms with Gasteiger partial charge in [-0.1, -0.05) is 95.2 Å². The fraction of sp³-hybridized carbons (Fsp3) is 0.737. The Morgan fingerprint density at radius 3 is 2.22 bits per heavy atom. The van der Waals surface area contributed by atoms with Crippen LogP contribution in [0.25, 0.3) is 0 Å². The molecule has 1 aliphatic carbocycles. The van der Waals surface area contributed by atoms with Gasteiger partial charge in [0, 0.05) is 46.1 Å². The second-order valence-corrected chi connectivity index (χ2v) is 15.4. The Balaban J connectivity index is 0.000000770. The molecule has 2 unspecified atom stereocenters. The number of sulfonamides is 1. The number of aliphatic hydroxyl groups is 1. The van der Waals surface area contributed by atoms with Gasteiger partial charge in [0.15, 0.2) is 0 Å². The Hall–Kier alpha value is -2.33. The van der Waals surface area contributed by atoms with Crippen LogP contribution in [-0.4, -0.2) is 106 Å². The molecule has 0 spiro atoms. The maximum absolute atomic E-state index is 12.2. The van der Waals surface area contributed by atoms with E-state index < -0.39 is 22.0 Å². The first-order chi connectivity index (χ1) is 23.4. The highest BCUT2D eigenvalue weighted by molar-refractivity contribution is 7.89. The Kier molecular flexibility index (Phi) is 28.0. The van der Waals surface area contributed by atoms with E-state index in [1.807, 2.05) is 18.2 Å². The van der Waals surface area contributed by atoms with Crippen LogP contribution in [-0.2, 0) is 24.3 Å². The summed E-state index contributed by atoms with van der Waals surface area (Å²) in [6.07, 6.45) is 16.8. The summed E-state index contributed by atoms with van der Waals surface area (Å²) in [6, 6.07) is 9.59. The number of hydrogen-bond acceptors (Lipinski definition) is 8. The minimum absolute atomic E-state index is 0.190. The van der Waals surface area contributed by atoms with E-state index in [2.05, 4.69) is 61.3 Å².